The molecule has 2 aromatic heterocycles. The van der Waals surface area contributed by atoms with Gasteiger partial charge in [0.05, 0.1) is 18.5 Å². The van der Waals surface area contributed by atoms with Crippen LogP contribution in [0.4, 0.5) is 5.82 Å². The number of hydrogen-bond donors (Lipinski definition) is 1. The maximum Gasteiger partial charge on any atom is 0.126 e. The fraction of sp³-hybridized carbons (Fsp3) is 0.400. The molecule has 4 heteroatoms. The normalized spacial score (nSPS) is 14.8. The molecular formula is C15H19N3O. The third kappa shape index (κ3) is 3.15. The van der Waals surface area contributed by atoms with Gasteiger partial charge in [0.15, 0.2) is 0 Å². The number of pyridine rings is 1. The maximum atomic E-state index is 5.45. The lowest BCUT2D eigenvalue weighted by Crippen LogP contribution is -2.25. The first-order chi connectivity index (χ1) is 9.35. The Hall–Kier alpha value is -1.81. The molecule has 0 amide bonds. The number of anilines is 1. The molecular weight excluding hydrogens is 238 g/mol. The number of furan rings is 1. The zero-order valence-electron chi connectivity index (χ0n) is 11.2. The zero-order valence-corrected chi connectivity index (χ0v) is 11.2. The molecule has 0 saturated heterocycles. The lowest BCUT2D eigenvalue weighted by atomic mass is 10.3. The van der Waals surface area contributed by atoms with Gasteiger partial charge in [-0.15, -0.1) is 0 Å². The maximum absolute atomic E-state index is 5.45. The van der Waals surface area contributed by atoms with Crippen LogP contribution >= 0.6 is 0 Å². The van der Waals surface area contributed by atoms with Crippen molar-refractivity contribution in [3.63, 3.8) is 0 Å². The smallest absolute Gasteiger partial charge is 0.126 e. The fourth-order valence-electron chi connectivity index (χ4n) is 2.27. The zero-order chi connectivity index (χ0) is 13.1. The summed E-state index contributed by atoms with van der Waals surface area (Å²) in [5, 5.41) is 3.08. The second-order valence-electron chi connectivity index (χ2n) is 4.98. The summed E-state index contributed by atoms with van der Waals surface area (Å²) in [6, 6.07) is 10.8. The predicted octanol–water partition coefficient (Wildman–Crippen LogP) is 2.88. The summed E-state index contributed by atoms with van der Waals surface area (Å²) < 4.78 is 5.45. The van der Waals surface area contributed by atoms with Gasteiger partial charge >= 0.3 is 0 Å². The Kier molecular flexibility index (Phi) is 3.51. The Morgan fingerprint density at radius 1 is 1.26 bits per heavy atom. The molecule has 1 fully saturated rings. The van der Waals surface area contributed by atoms with Crippen molar-refractivity contribution in [1.82, 2.24) is 9.88 Å². The van der Waals surface area contributed by atoms with Crippen molar-refractivity contribution in [3.8, 4) is 0 Å². The van der Waals surface area contributed by atoms with Gasteiger partial charge in [-0.1, -0.05) is 6.07 Å². The standard InChI is InChI=1S/C15H19N3O/c1-16-15-6-2-4-12(17-15)10-18(13-7-8-13)11-14-5-3-9-19-14/h2-6,9,13H,7-8,10-11H2,1H3,(H,16,17). The summed E-state index contributed by atoms with van der Waals surface area (Å²) in [6.07, 6.45) is 4.30. The molecule has 19 heavy (non-hydrogen) atoms. The third-order valence-electron chi connectivity index (χ3n) is 3.43. The molecule has 1 aliphatic rings. The summed E-state index contributed by atoms with van der Waals surface area (Å²) in [7, 11) is 1.90. The summed E-state index contributed by atoms with van der Waals surface area (Å²) in [5.41, 5.74) is 1.10. The minimum absolute atomic E-state index is 0.685. The van der Waals surface area contributed by atoms with E-state index in [1.807, 2.05) is 31.3 Å². The molecule has 0 aliphatic heterocycles. The lowest BCUT2D eigenvalue weighted by Gasteiger charge is -2.20. The van der Waals surface area contributed by atoms with E-state index in [1.165, 1.54) is 12.8 Å². The first-order valence-corrected chi connectivity index (χ1v) is 6.75. The van der Waals surface area contributed by atoms with E-state index in [0.29, 0.717) is 6.04 Å². The van der Waals surface area contributed by atoms with Crippen LogP contribution < -0.4 is 5.32 Å². The first kappa shape index (κ1) is 12.2. The van der Waals surface area contributed by atoms with Crippen molar-refractivity contribution in [2.45, 2.75) is 32.0 Å². The highest BCUT2D eigenvalue weighted by Crippen LogP contribution is 2.29. The van der Waals surface area contributed by atoms with Gasteiger partial charge < -0.3 is 9.73 Å². The molecule has 2 aromatic rings. The van der Waals surface area contributed by atoms with Crippen LogP contribution in [0.1, 0.15) is 24.3 Å². The second kappa shape index (κ2) is 5.45. The van der Waals surface area contributed by atoms with Gasteiger partial charge in [-0.05, 0) is 37.1 Å². The van der Waals surface area contributed by atoms with Crippen LogP contribution in [0.2, 0.25) is 0 Å². The summed E-state index contributed by atoms with van der Waals surface area (Å²) in [5.74, 6) is 1.95. The fourth-order valence-corrected chi connectivity index (χ4v) is 2.27. The van der Waals surface area contributed by atoms with Crippen LogP contribution in [0.25, 0.3) is 0 Å². The van der Waals surface area contributed by atoms with Crippen molar-refractivity contribution in [3.05, 3.63) is 48.0 Å². The number of nitrogens with zero attached hydrogens (tertiary/aromatic N) is 2. The molecule has 0 radical (unpaired) electrons. The van der Waals surface area contributed by atoms with E-state index in [4.69, 9.17) is 4.42 Å². The Balaban J connectivity index is 1.70. The first-order valence-electron chi connectivity index (χ1n) is 6.75. The molecule has 0 atom stereocenters. The second-order valence-corrected chi connectivity index (χ2v) is 4.98. The van der Waals surface area contributed by atoms with Crippen molar-refractivity contribution >= 4 is 5.82 Å². The van der Waals surface area contributed by atoms with Gasteiger partial charge in [0.2, 0.25) is 0 Å². The Morgan fingerprint density at radius 2 is 2.16 bits per heavy atom. The van der Waals surface area contributed by atoms with E-state index in [9.17, 15) is 0 Å². The molecule has 1 aliphatic carbocycles. The van der Waals surface area contributed by atoms with Crippen LogP contribution in [0.5, 0.6) is 0 Å². The molecule has 100 valence electrons. The van der Waals surface area contributed by atoms with Gasteiger partial charge in [-0.3, -0.25) is 4.90 Å². The van der Waals surface area contributed by atoms with E-state index < -0.39 is 0 Å². The Labute approximate surface area is 113 Å². The van der Waals surface area contributed by atoms with Crippen LogP contribution in [0.3, 0.4) is 0 Å². The van der Waals surface area contributed by atoms with Crippen molar-refractivity contribution < 1.29 is 4.42 Å². The quantitative estimate of drug-likeness (QED) is 0.864. The van der Waals surface area contributed by atoms with Crippen LogP contribution in [-0.2, 0) is 13.1 Å². The minimum atomic E-state index is 0.685. The van der Waals surface area contributed by atoms with E-state index in [1.54, 1.807) is 6.26 Å². The molecule has 3 rings (SSSR count). The number of rotatable bonds is 6. The van der Waals surface area contributed by atoms with Gasteiger partial charge in [0, 0.05) is 19.6 Å². The highest BCUT2D eigenvalue weighted by Gasteiger charge is 2.29. The molecule has 0 bridgehead atoms. The topological polar surface area (TPSA) is 41.3 Å². The molecule has 1 saturated carbocycles. The number of hydrogen-bond acceptors (Lipinski definition) is 4. The Bertz CT molecular complexity index is 520. The van der Waals surface area contributed by atoms with Crippen molar-refractivity contribution in [2.24, 2.45) is 0 Å². The lowest BCUT2D eigenvalue weighted by molar-refractivity contribution is 0.223. The highest BCUT2D eigenvalue weighted by molar-refractivity contribution is 5.34. The predicted molar refractivity (Wildman–Crippen MR) is 74.8 cm³/mol. The van der Waals surface area contributed by atoms with Crippen LogP contribution in [-0.4, -0.2) is 23.0 Å². The number of nitrogens with one attached hydrogen (secondary N) is 1. The average molecular weight is 257 g/mol. The van der Waals surface area contributed by atoms with Gasteiger partial charge in [-0.25, -0.2) is 4.98 Å². The largest absolute Gasteiger partial charge is 0.468 e. The highest BCUT2D eigenvalue weighted by atomic mass is 16.3. The SMILES string of the molecule is CNc1cccc(CN(Cc2ccco2)C2CC2)n1. The minimum Gasteiger partial charge on any atom is -0.468 e. The van der Waals surface area contributed by atoms with Crippen LogP contribution in [0, 0.1) is 0 Å². The van der Waals surface area contributed by atoms with E-state index in [0.717, 1.165) is 30.4 Å². The molecule has 1 N–H and O–H groups in total. The monoisotopic (exact) mass is 257 g/mol. The molecule has 2 heterocycles. The van der Waals surface area contributed by atoms with E-state index in [2.05, 4.69) is 21.3 Å². The third-order valence-corrected chi connectivity index (χ3v) is 3.43. The Morgan fingerprint density at radius 3 is 2.84 bits per heavy atom. The summed E-state index contributed by atoms with van der Waals surface area (Å²) in [6.45, 7) is 1.74. The van der Waals surface area contributed by atoms with Crippen LogP contribution in [0.15, 0.2) is 41.0 Å². The van der Waals surface area contributed by atoms with Crippen molar-refractivity contribution in [2.75, 3.05) is 12.4 Å². The van der Waals surface area contributed by atoms with Gasteiger partial charge in [0.25, 0.3) is 0 Å². The van der Waals surface area contributed by atoms with E-state index in [-0.39, 0.29) is 0 Å². The molecule has 0 spiro atoms. The van der Waals surface area contributed by atoms with Gasteiger partial charge in [0.1, 0.15) is 11.6 Å². The number of aromatic nitrogens is 1. The molecule has 4 nitrogen and oxygen atoms in total. The summed E-state index contributed by atoms with van der Waals surface area (Å²) in [4.78, 5) is 7.03. The van der Waals surface area contributed by atoms with E-state index >= 15 is 0 Å². The van der Waals surface area contributed by atoms with Gasteiger partial charge in [-0.2, -0.15) is 0 Å². The molecule has 0 unspecified atom stereocenters. The summed E-state index contributed by atoms with van der Waals surface area (Å²) >= 11 is 0. The average Bonchev–Trinajstić information content (AvgIpc) is 3.17. The molecule has 0 aromatic carbocycles. The van der Waals surface area contributed by atoms with Crippen molar-refractivity contribution in [1.29, 1.82) is 0 Å².